The van der Waals surface area contributed by atoms with Crippen LogP contribution in [0.5, 0.6) is 5.75 Å². The lowest BCUT2D eigenvalue weighted by molar-refractivity contribution is 0.274. The Morgan fingerprint density at radius 3 is 2.60 bits per heavy atom. The number of rotatable bonds is 2. The number of nitrogens with one attached hydrogen (secondary N) is 1. The van der Waals surface area contributed by atoms with Crippen LogP contribution in [0.15, 0.2) is 36.4 Å². The van der Waals surface area contributed by atoms with Crippen LogP contribution in [0.4, 0.5) is 18.9 Å². The molecule has 1 heterocycles. The Labute approximate surface area is 114 Å². The molecule has 0 bridgehead atoms. The predicted octanol–water partition coefficient (Wildman–Crippen LogP) is 4.04. The van der Waals surface area contributed by atoms with Crippen molar-refractivity contribution in [3.8, 4) is 5.75 Å². The van der Waals surface area contributed by atoms with E-state index < -0.39 is 17.5 Å². The molecule has 0 amide bonds. The van der Waals surface area contributed by atoms with Crippen molar-refractivity contribution >= 4 is 5.69 Å². The second-order valence-corrected chi connectivity index (χ2v) is 4.62. The predicted molar refractivity (Wildman–Crippen MR) is 69.2 cm³/mol. The Balaban J connectivity index is 1.91. The van der Waals surface area contributed by atoms with Crippen molar-refractivity contribution in [1.29, 1.82) is 0 Å². The van der Waals surface area contributed by atoms with Crippen molar-refractivity contribution in [2.45, 2.75) is 12.5 Å². The standard InChI is InChI=1S/C15H12F3NO/c16-10-7-12(18)14(8-11(10)17)19-13-5-6-20-15-4-2-1-3-9(13)15/h1-4,7-8,13,19H,5-6H2. The molecule has 1 atom stereocenters. The van der Waals surface area contributed by atoms with Gasteiger partial charge in [-0.25, -0.2) is 13.2 Å². The topological polar surface area (TPSA) is 21.3 Å². The summed E-state index contributed by atoms with van der Waals surface area (Å²) in [7, 11) is 0. The fraction of sp³-hybridized carbons (Fsp3) is 0.200. The van der Waals surface area contributed by atoms with E-state index in [2.05, 4.69) is 5.32 Å². The summed E-state index contributed by atoms with van der Waals surface area (Å²) >= 11 is 0. The Morgan fingerprint density at radius 1 is 1.00 bits per heavy atom. The van der Waals surface area contributed by atoms with E-state index in [1.54, 1.807) is 0 Å². The van der Waals surface area contributed by atoms with Gasteiger partial charge in [-0.2, -0.15) is 0 Å². The minimum Gasteiger partial charge on any atom is -0.493 e. The van der Waals surface area contributed by atoms with Gasteiger partial charge in [-0.05, 0) is 6.07 Å². The summed E-state index contributed by atoms with van der Waals surface area (Å²) < 4.78 is 45.3. The SMILES string of the molecule is Fc1cc(F)c(NC2CCOc3ccccc32)cc1F. The minimum atomic E-state index is -1.19. The molecule has 0 aliphatic carbocycles. The third-order valence-electron chi connectivity index (χ3n) is 3.30. The van der Waals surface area contributed by atoms with Crippen LogP contribution in [0.25, 0.3) is 0 Å². The van der Waals surface area contributed by atoms with Gasteiger partial charge < -0.3 is 10.1 Å². The van der Waals surface area contributed by atoms with Gasteiger partial charge >= 0.3 is 0 Å². The summed E-state index contributed by atoms with van der Waals surface area (Å²) in [4.78, 5) is 0. The molecule has 1 N–H and O–H groups in total. The summed E-state index contributed by atoms with van der Waals surface area (Å²) in [5.74, 6) is -2.36. The molecule has 5 heteroatoms. The van der Waals surface area contributed by atoms with Crippen molar-refractivity contribution in [2.24, 2.45) is 0 Å². The van der Waals surface area contributed by atoms with Crippen LogP contribution in [0.2, 0.25) is 0 Å². The maximum Gasteiger partial charge on any atom is 0.161 e. The van der Waals surface area contributed by atoms with E-state index in [0.717, 1.165) is 17.4 Å². The number of ether oxygens (including phenoxy) is 1. The first-order valence-corrected chi connectivity index (χ1v) is 6.28. The lowest BCUT2D eigenvalue weighted by Crippen LogP contribution is -2.20. The maximum absolute atomic E-state index is 13.7. The van der Waals surface area contributed by atoms with Crippen LogP contribution in [0, 0.1) is 17.5 Å². The molecular weight excluding hydrogens is 267 g/mol. The number of hydrogen-bond acceptors (Lipinski definition) is 2. The maximum atomic E-state index is 13.7. The van der Waals surface area contributed by atoms with Gasteiger partial charge in [-0.1, -0.05) is 18.2 Å². The smallest absolute Gasteiger partial charge is 0.161 e. The lowest BCUT2D eigenvalue weighted by atomic mass is 10.0. The molecule has 2 aromatic carbocycles. The van der Waals surface area contributed by atoms with E-state index in [4.69, 9.17) is 4.74 Å². The van der Waals surface area contributed by atoms with Crippen LogP contribution in [-0.4, -0.2) is 6.61 Å². The largest absolute Gasteiger partial charge is 0.493 e. The van der Waals surface area contributed by atoms with Gasteiger partial charge in [0.05, 0.1) is 18.3 Å². The van der Waals surface area contributed by atoms with Crippen molar-refractivity contribution in [3.05, 3.63) is 59.4 Å². The second kappa shape index (κ2) is 5.07. The first-order chi connectivity index (χ1) is 9.65. The number of para-hydroxylation sites is 1. The molecule has 104 valence electrons. The number of fused-ring (bicyclic) bond motifs is 1. The highest BCUT2D eigenvalue weighted by Gasteiger charge is 2.22. The third kappa shape index (κ3) is 2.31. The number of benzene rings is 2. The molecule has 3 rings (SSSR count). The van der Waals surface area contributed by atoms with Gasteiger partial charge in [-0.3, -0.25) is 0 Å². The van der Waals surface area contributed by atoms with E-state index in [1.807, 2.05) is 24.3 Å². The first-order valence-electron chi connectivity index (χ1n) is 6.28. The van der Waals surface area contributed by atoms with Gasteiger partial charge in [0.2, 0.25) is 0 Å². The Hall–Kier alpha value is -2.17. The highest BCUT2D eigenvalue weighted by molar-refractivity contribution is 5.50. The van der Waals surface area contributed by atoms with Crippen LogP contribution >= 0.6 is 0 Å². The molecule has 1 unspecified atom stereocenters. The average Bonchev–Trinajstić information content (AvgIpc) is 2.45. The molecular formula is C15H12F3NO. The fourth-order valence-corrected chi connectivity index (χ4v) is 2.31. The molecule has 1 aliphatic rings. The van der Waals surface area contributed by atoms with E-state index in [1.165, 1.54) is 0 Å². The summed E-state index contributed by atoms with van der Waals surface area (Å²) in [6.07, 6.45) is 0.620. The molecule has 1 aliphatic heterocycles. The average molecular weight is 279 g/mol. The zero-order chi connectivity index (χ0) is 14.1. The summed E-state index contributed by atoms with van der Waals surface area (Å²) in [5.41, 5.74) is 0.827. The minimum absolute atomic E-state index is 0.0504. The van der Waals surface area contributed by atoms with E-state index in [-0.39, 0.29) is 11.7 Å². The van der Waals surface area contributed by atoms with Crippen molar-refractivity contribution < 1.29 is 17.9 Å². The number of halogens is 3. The molecule has 2 aromatic rings. The molecule has 0 fully saturated rings. The van der Waals surface area contributed by atoms with Crippen molar-refractivity contribution in [3.63, 3.8) is 0 Å². The van der Waals surface area contributed by atoms with Crippen LogP contribution in [0.3, 0.4) is 0 Å². The molecule has 0 radical (unpaired) electrons. The van der Waals surface area contributed by atoms with Gasteiger partial charge in [0, 0.05) is 24.1 Å². The van der Waals surface area contributed by atoms with E-state index in [9.17, 15) is 13.2 Å². The normalized spacial score (nSPS) is 17.2. The van der Waals surface area contributed by atoms with Crippen molar-refractivity contribution in [1.82, 2.24) is 0 Å². The quantitative estimate of drug-likeness (QED) is 0.838. The molecule has 0 saturated heterocycles. The second-order valence-electron chi connectivity index (χ2n) is 4.62. The fourth-order valence-electron chi connectivity index (χ4n) is 2.31. The Bertz CT molecular complexity index is 645. The van der Waals surface area contributed by atoms with Gasteiger partial charge in [0.25, 0.3) is 0 Å². The number of anilines is 1. The highest BCUT2D eigenvalue weighted by Crippen LogP contribution is 2.34. The zero-order valence-corrected chi connectivity index (χ0v) is 10.5. The zero-order valence-electron chi connectivity index (χ0n) is 10.5. The summed E-state index contributed by atoms with van der Waals surface area (Å²) in [6, 6.07) is 8.57. The van der Waals surface area contributed by atoms with Gasteiger partial charge in [0.1, 0.15) is 11.6 Å². The third-order valence-corrected chi connectivity index (χ3v) is 3.30. The highest BCUT2D eigenvalue weighted by atomic mass is 19.2. The molecule has 0 saturated carbocycles. The monoisotopic (exact) mass is 279 g/mol. The Kier molecular flexibility index (Phi) is 3.26. The number of hydrogen-bond donors (Lipinski definition) is 1. The summed E-state index contributed by atoms with van der Waals surface area (Å²) in [6.45, 7) is 0.486. The molecule has 0 spiro atoms. The van der Waals surface area contributed by atoms with E-state index >= 15 is 0 Å². The summed E-state index contributed by atoms with van der Waals surface area (Å²) in [5, 5.41) is 2.91. The first kappa shape index (κ1) is 12.8. The van der Waals surface area contributed by atoms with Crippen LogP contribution < -0.4 is 10.1 Å². The van der Waals surface area contributed by atoms with Crippen molar-refractivity contribution in [2.75, 3.05) is 11.9 Å². The van der Waals surface area contributed by atoms with Gasteiger partial charge in [-0.15, -0.1) is 0 Å². The molecule has 2 nitrogen and oxygen atoms in total. The Morgan fingerprint density at radius 2 is 1.75 bits per heavy atom. The lowest BCUT2D eigenvalue weighted by Gasteiger charge is -2.27. The van der Waals surface area contributed by atoms with Crippen LogP contribution in [0.1, 0.15) is 18.0 Å². The van der Waals surface area contributed by atoms with E-state index in [0.29, 0.717) is 19.1 Å². The molecule has 0 aromatic heterocycles. The van der Waals surface area contributed by atoms with Gasteiger partial charge in [0.15, 0.2) is 11.6 Å². The molecule has 20 heavy (non-hydrogen) atoms. The van der Waals surface area contributed by atoms with Crippen LogP contribution in [-0.2, 0) is 0 Å².